The molecule has 0 N–H and O–H groups in total. The van der Waals surface area contributed by atoms with E-state index in [9.17, 15) is 4.79 Å². The fraction of sp³-hybridized carbons (Fsp3) is 0.526. The van der Waals surface area contributed by atoms with Crippen LogP contribution in [0.3, 0.4) is 0 Å². The van der Waals surface area contributed by atoms with Gasteiger partial charge in [-0.3, -0.25) is 0 Å². The Kier molecular flexibility index (Phi) is 4.14. The predicted molar refractivity (Wildman–Crippen MR) is 85.2 cm³/mol. The Bertz CT molecular complexity index is 612. The average molecular weight is 284 g/mol. The van der Waals surface area contributed by atoms with Crippen molar-refractivity contribution < 1.29 is 9.53 Å². The molecule has 0 atom stereocenters. The smallest absolute Gasteiger partial charge is 0.384 e. The van der Waals surface area contributed by atoms with Gasteiger partial charge in [-0.25, -0.2) is 4.79 Å². The molecule has 0 heterocycles. The van der Waals surface area contributed by atoms with Crippen molar-refractivity contribution in [2.24, 2.45) is 0 Å². The van der Waals surface area contributed by atoms with Gasteiger partial charge >= 0.3 is 5.97 Å². The first-order valence-electron chi connectivity index (χ1n) is 7.61. The summed E-state index contributed by atoms with van der Waals surface area (Å²) in [7, 11) is 0. The summed E-state index contributed by atoms with van der Waals surface area (Å²) in [5.41, 5.74) is 3.85. The van der Waals surface area contributed by atoms with Gasteiger partial charge in [0, 0.05) is 11.5 Å². The van der Waals surface area contributed by atoms with Crippen LogP contribution in [0.5, 0.6) is 0 Å². The van der Waals surface area contributed by atoms with Crippen molar-refractivity contribution in [3.05, 3.63) is 34.9 Å². The Morgan fingerprint density at radius 3 is 2.52 bits per heavy atom. The highest BCUT2D eigenvalue weighted by Crippen LogP contribution is 2.46. The molecule has 0 radical (unpaired) electrons. The average Bonchev–Trinajstić information content (AvgIpc) is 2.42. The third kappa shape index (κ3) is 3.13. The van der Waals surface area contributed by atoms with Crippen LogP contribution in [-0.2, 0) is 20.4 Å². The highest BCUT2D eigenvalue weighted by molar-refractivity contribution is 5.89. The van der Waals surface area contributed by atoms with E-state index in [1.165, 1.54) is 17.5 Å². The van der Waals surface area contributed by atoms with E-state index >= 15 is 0 Å². The topological polar surface area (TPSA) is 26.3 Å². The SMILES string of the molecule is CCOC(=O)C#Cc1cccc2c1C(C)(C)CCC2(C)C. The summed E-state index contributed by atoms with van der Waals surface area (Å²) in [6.45, 7) is 11.2. The summed E-state index contributed by atoms with van der Waals surface area (Å²) in [5, 5.41) is 0. The van der Waals surface area contributed by atoms with Crippen LogP contribution in [-0.4, -0.2) is 12.6 Å². The van der Waals surface area contributed by atoms with Gasteiger partial charge in [0.15, 0.2) is 0 Å². The van der Waals surface area contributed by atoms with Crippen LogP contribution in [0.1, 0.15) is 64.2 Å². The van der Waals surface area contributed by atoms with Crippen LogP contribution in [0.15, 0.2) is 18.2 Å². The Morgan fingerprint density at radius 2 is 1.86 bits per heavy atom. The number of esters is 1. The summed E-state index contributed by atoms with van der Waals surface area (Å²) in [4.78, 5) is 11.5. The summed E-state index contributed by atoms with van der Waals surface area (Å²) in [5.74, 6) is 5.17. The molecular weight excluding hydrogens is 260 g/mol. The van der Waals surface area contributed by atoms with Crippen molar-refractivity contribution in [2.45, 2.75) is 58.3 Å². The molecule has 112 valence electrons. The van der Waals surface area contributed by atoms with Crippen LogP contribution in [0.4, 0.5) is 0 Å². The molecule has 2 heteroatoms. The maximum absolute atomic E-state index is 11.5. The van der Waals surface area contributed by atoms with E-state index in [0.29, 0.717) is 6.61 Å². The first-order valence-corrected chi connectivity index (χ1v) is 7.61. The van der Waals surface area contributed by atoms with Crippen molar-refractivity contribution in [3.8, 4) is 11.8 Å². The fourth-order valence-electron chi connectivity index (χ4n) is 3.12. The van der Waals surface area contributed by atoms with Gasteiger partial charge in [0.05, 0.1) is 6.61 Å². The van der Waals surface area contributed by atoms with E-state index in [1.54, 1.807) is 6.92 Å². The lowest BCUT2D eigenvalue weighted by Crippen LogP contribution is -2.34. The fourth-order valence-corrected chi connectivity index (χ4v) is 3.12. The third-order valence-corrected chi connectivity index (χ3v) is 4.42. The van der Waals surface area contributed by atoms with Crippen LogP contribution in [0.2, 0.25) is 0 Å². The van der Waals surface area contributed by atoms with Crippen molar-refractivity contribution in [1.29, 1.82) is 0 Å². The highest BCUT2D eigenvalue weighted by atomic mass is 16.5. The molecular formula is C19H24O2. The summed E-state index contributed by atoms with van der Waals surface area (Å²) in [6, 6.07) is 6.25. The molecule has 2 rings (SSSR count). The molecule has 1 aromatic rings. The molecule has 1 aliphatic rings. The molecule has 0 saturated carbocycles. The second kappa shape index (κ2) is 5.56. The lowest BCUT2D eigenvalue weighted by atomic mass is 9.62. The first kappa shape index (κ1) is 15.6. The minimum atomic E-state index is -0.456. The Morgan fingerprint density at radius 1 is 1.19 bits per heavy atom. The Hall–Kier alpha value is -1.75. The van der Waals surface area contributed by atoms with Crippen LogP contribution >= 0.6 is 0 Å². The quantitative estimate of drug-likeness (QED) is 0.576. The number of benzene rings is 1. The molecule has 21 heavy (non-hydrogen) atoms. The molecule has 0 saturated heterocycles. The van der Waals surface area contributed by atoms with E-state index < -0.39 is 5.97 Å². The van der Waals surface area contributed by atoms with E-state index in [0.717, 1.165) is 12.0 Å². The second-order valence-corrected chi connectivity index (χ2v) is 6.97. The molecule has 0 aromatic heterocycles. The van der Waals surface area contributed by atoms with Crippen molar-refractivity contribution in [2.75, 3.05) is 6.61 Å². The minimum absolute atomic E-state index is 0.0881. The van der Waals surface area contributed by atoms with Gasteiger partial charge in [-0.05, 0) is 47.8 Å². The molecule has 0 fully saturated rings. The van der Waals surface area contributed by atoms with E-state index in [2.05, 4.69) is 45.6 Å². The number of hydrogen-bond donors (Lipinski definition) is 0. The largest absolute Gasteiger partial charge is 0.456 e. The van der Waals surface area contributed by atoms with Gasteiger partial charge in [0.25, 0.3) is 0 Å². The van der Waals surface area contributed by atoms with Gasteiger partial charge in [0.2, 0.25) is 0 Å². The van der Waals surface area contributed by atoms with Gasteiger partial charge in [0.1, 0.15) is 0 Å². The number of ether oxygens (including phenoxy) is 1. The Labute approximate surface area is 127 Å². The van der Waals surface area contributed by atoms with Crippen LogP contribution in [0.25, 0.3) is 0 Å². The zero-order chi connectivity index (χ0) is 15.7. The third-order valence-electron chi connectivity index (χ3n) is 4.42. The van der Waals surface area contributed by atoms with Crippen molar-refractivity contribution in [3.63, 3.8) is 0 Å². The van der Waals surface area contributed by atoms with Crippen LogP contribution in [0, 0.1) is 11.8 Å². The maximum Gasteiger partial charge on any atom is 0.384 e. The van der Waals surface area contributed by atoms with Crippen LogP contribution < -0.4 is 0 Å². The van der Waals surface area contributed by atoms with Gasteiger partial charge in [-0.2, -0.15) is 0 Å². The molecule has 1 aliphatic carbocycles. The molecule has 0 amide bonds. The molecule has 0 aliphatic heterocycles. The number of rotatable bonds is 1. The number of fused-ring (bicyclic) bond motifs is 1. The molecule has 1 aromatic carbocycles. The molecule has 0 unspecified atom stereocenters. The predicted octanol–water partition coefficient (Wildman–Crippen LogP) is 3.95. The van der Waals surface area contributed by atoms with E-state index in [1.807, 2.05) is 12.1 Å². The molecule has 0 bridgehead atoms. The summed E-state index contributed by atoms with van der Waals surface area (Å²) >= 11 is 0. The van der Waals surface area contributed by atoms with Gasteiger partial charge in [-0.1, -0.05) is 45.7 Å². The lowest BCUT2D eigenvalue weighted by molar-refractivity contribution is -0.136. The summed E-state index contributed by atoms with van der Waals surface area (Å²) in [6.07, 6.45) is 2.30. The van der Waals surface area contributed by atoms with Gasteiger partial charge < -0.3 is 4.74 Å². The lowest BCUT2D eigenvalue weighted by Gasteiger charge is -2.42. The zero-order valence-corrected chi connectivity index (χ0v) is 13.7. The van der Waals surface area contributed by atoms with E-state index in [-0.39, 0.29) is 10.8 Å². The second-order valence-electron chi connectivity index (χ2n) is 6.97. The number of carbonyl (C=O) groups excluding carboxylic acids is 1. The standard InChI is InChI=1S/C19H24O2/c1-6-21-16(20)11-10-14-8-7-9-15-17(14)19(4,5)13-12-18(15,2)3/h7-9H,6,12-13H2,1-5H3. The minimum Gasteiger partial charge on any atom is -0.456 e. The molecule has 2 nitrogen and oxygen atoms in total. The Balaban J connectivity index is 2.53. The number of carbonyl (C=O) groups is 1. The normalized spacial score (nSPS) is 18.1. The van der Waals surface area contributed by atoms with Crippen molar-refractivity contribution in [1.82, 2.24) is 0 Å². The number of hydrogen-bond acceptors (Lipinski definition) is 2. The monoisotopic (exact) mass is 284 g/mol. The van der Waals surface area contributed by atoms with Gasteiger partial charge in [-0.15, -0.1) is 0 Å². The maximum atomic E-state index is 11.5. The highest BCUT2D eigenvalue weighted by Gasteiger charge is 2.38. The summed E-state index contributed by atoms with van der Waals surface area (Å²) < 4.78 is 4.89. The first-order chi connectivity index (χ1) is 9.78. The molecule has 0 spiro atoms. The van der Waals surface area contributed by atoms with E-state index in [4.69, 9.17) is 4.74 Å². The van der Waals surface area contributed by atoms with Crippen molar-refractivity contribution >= 4 is 5.97 Å². The zero-order valence-electron chi connectivity index (χ0n) is 13.7.